The Balaban J connectivity index is 2.39. The maximum Gasteiger partial charge on any atom is 0.165 e. The van der Waals surface area contributed by atoms with E-state index in [0.717, 1.165) is 31.0 Å². The lowest BCUT2D eigenvalue weighted by Gasteiger charge is -2.24. The van der Waals surface area contributed by atoms with Crippen molar-refractivity contribution in [1.29, 1.82) is 0 Å². The maximum absolute atomic E-state index is 5.94. The molecule has 0 unspecified atom stereocenters. The Bertz CT molecular complexity index is 388. The van der Waals surface area contributed by atoms with Gasteiger partial charge in [-0.1, -0.05) is 6.07 Å². The molecule has 0 spiro atoms. The van der Waals surface area contributed by atoms with Gasteiger partial charge in [-0.3, -0.25) is 0 Å². The molecule has 1 heterocycles. The summed E-state index contributed by atoms with van der Waals surface area (Å²) in [7, 11) is 0. The highest BCUT2D eigenvalue weighted by Crippen LogP contribution is 2.36. The van der Waals surface area contributed by atoms with Crippen LogP contribution in [0.3, 0.4) is 0 Å². The first-order valence-electron chi connectivity index (χ1n) is 6.37. The zero-order chi connectivity index (χ0) is 12.3. The van der Waals surface area contributed by atoms with Crippen LogP contribution < -0.4 is 14.8 Å². The number of fused-ring (bicyclic) bond motifs is 1. The van der Waals surface area contributed by atoms with Gasteiger partial charge in [-0.25, -0.2) is 0 Å². The van der Waals surface area contributed by atoms with Gasteiger partial charge < -0.3 is 14.8 Å². The highest BCUT2D eigenvalue weighted by molar-refractivity contribution is 5.51. The van der Waals surface area contributed by atoms with Crippen LogP contribution in [0.1, 0.15) is 31.9 Å². The first-order valence-corrected chi connectivity index (χ1v) is 6.37. The van der Waals surface area contributed by atoms with Gasteiger partial charge in [-0.2, -0.15) is 0 Å². The summed E-state index contributed by atoms with van der Waals surface area (Å²) in [6.45, 7) is 8.71. The average Bonchev–Trinajstić information content (AvgIpc) is 2.32. The van der Waals surface area contributed by atoms with Crippen LogP contribution in [0.4, 0.5) is 0 Å². The summed E-state index contributed by atoms with van der Waals surface area (Å²) < 4.78 is 11.6. The van der Waals surface area contributed by atoms with Crippen molar-refractivity contribution >= 4 is 0 Å². The standard InChI is InChI=1S/C14H21NO2/c1-4-16-13-6-5-11-9-15-8-7-12(11)14(13)17-10(2)3/h5-6,10,15H,4,7-9H2,1-3H3. The molecule has 2 rings (SSSR count). The predicted octanol–water partition coefficient (Wildman–Crippen LogP) is 2.52. The Hall–Kier alpha value is -1.22. The second-order valence-corrected chi connectivity index (χ2v) is 4.56. The van der Waals surface area contributed by atoms with E-state index in [4.69, 9.17) is 9.47 Å². The van der Waals surface area contributed by atoms with E-state index in [0.29, 0.717) is 6.61 Å². The molecule has 0 aliphatic carbocycles. The molecule has 0 saturated carbocycles. The quantitative estimate of drug-likeness (QED) is 0.870. The first kappa shape index (κ1) is 12.2. The van der Waals surface area contributed by atoms with Gasteiger partial charge in [0.05, 0.1) is 12.7 Å². The smallest absolute Gasteiger partial charge is 0.165 e. The zero-order valence-corrected chi connectivity index (χ0v) is 10.9. The minimum absolute atomic E-state index is 0.176. The normalized spacial score (nSPS) is 14.6. The molecule has 0 aromatic heterocycles. The van der Waals surface area contributed by atoms with Gasteiger partial charge in [0.25, 0.3) is 0 Å². The molecule has 0 fully saturated rings. The monoisotopic (exact) mass is 235 g/mol. The van der Waals surface area contributed by atoms with Crippen molar-refractivity contribution in [3.05, 3.63) is 23.3 Å². The third kappa shape index (κ3) is 2.72. The molecule has 1 N–H and O–H groups in total. The van der Waals surface area contributed by atoms with Gasteiger partial charge in [0.2, 0.25) is 0 Å². The number of benzene rings is 1. The fourth-order valence-corrected chi connectivity index (χ4v) is 2.16. The summed E-state index contributed by atoms with van der Waals surface area (Å²) in [4.78, 5) is 0. The van der Waals surface area contributed by atoms with Crippen LogP contribution in [0, 0.1) is 0 Å². The lowest BCUT2D eigenvalue weighted by atomic mass is 9.99. The van der Waals surface area contributed by atoms with Crippen molar-refractivity contribution in [2.45, 2.75) is 39.8 Å². The highest BCUT2D eigenvalue weighted by Gasteiger charge is 2.19. The van der Waals surface area contributed by atoms with Crippen molar-refractivity contribution in [3.8, 4) is 11.5 Å². The van der Waals surface area contributed by atoms with Gasteiger partial charge >= 0.3 is 0 Å². The van der Waals surface area contributed by atoms with E-state index in [9.17, 15) is 0 Å². The van der Waals surface area contributed by atoms with Gasteiger partial charge in [0, 0.05) is 12.1 Å². The van der Waals surface area contributed by atoms with Crippen LogP contribution in [-0.2, 0) is 13.0 Å². The van der Waals surface area contributed by atoms with E-state index in [1.54, 1.807) is 0 Å². The Morgan fingerprint density at radius 1 is 1.35 bits per heavy atom. The zero-order valence-electron chi connectivity index (χ0n) is 10.9. The fourth-order valence-electron chi connectivity index (χ4n) is 2.16. The molecule has 0 bridgehead atoms. The molecule has 1 aliphatic rings. The van der Waals surface area contributed by atoms with Crippen molar-refractivity contribution in [2.24, 2.45) is 0 Å². The van der Waals surface area contributed by atoms with Gasteiger partial charge in [0.15, 0.2) is 11.5 Å². The summed E-state index contributed by atoms with van der Waals surface area (Å²) >= 11 is 0. The number of rotatable bonds is 4. The summed E-state index contributed by atoms with van der Waals surface area (Å²) in [6, 6.07) is 4.16. The van der Waals surface area contributed by atoms with Gasteiger partial charge in [0.1, 0.15) is 0 Å². The third-order valence-corrected chi connectivity index (χ3v) is 2.84. The third-order valence-electron chi connectivity index (χ3n) is 2.84. The molecule has 0 atom stereocenters. The Morgan fingerprint density at radius 2 is 2.18 bits per heavy atom. The van der Waals surface area contributed by atoms with Crippen LogP contribution in [-0.4, -0.2) is 19.3 Å². The van der Waals surface area contributed by atoms with E-state index in [2.05, 4.69) is 25.2 Å². The number of hydrogen-bond acceptors (Lipinski definition) is 3. The highest BCUT2D eigenvalue weighted by atomic mass is 16.5. The SMILES string of the molecule is CCOc1ccc2c(c1OC(C)C)CCNC2. The molecule has 1 aromatic carbocycles. The summed E-state index contributed by atoms with van der Waals surface area (Å²) in [6.07, 6.45) is 1.19. The number of ether oxygens (including phenoxy) is 2. The second kappa shape index (κ2) is 5.41. The van der Waals surface area contributed by atoms with Crippen LogP contribution >= 0.6 is 0 Å². The molecular weight excluding hydrogens is 214 g/mol. The summed E-state index contributed by atoms with van der Waals surface area (Å²) in [5, 5.41) is 3.38. The van der Waals surface area contributed by atoms with Crippen molar-refractivity contribution in [3.63, 3.8) is 0 Å². The summed E-state index contributed by atoms with van der Waals surface area (Å²) in [5.74, 6) is 1.82. The largest absolute Gasteiger partial charge is 0.490 e. The van der Waals surface area contributed by atoms with E-state index in [1.165, 1.54) is 11.1 Å². The summed E-state index contributed by atoms with van der Waals surface area (Å²) in [5.41, 5.74) is 2.64. The average molecular weight is 235 g/mol. The Labute approximate surface area is 103 Å². The van der Waals surface area contributed by atoms with Gasteiger partial charge in [-0.15, -0.1) is 0 Å². The van der Waals surface area contributed by atoms with Crippen molar-refractivity contribution in [1.82, 2.24) is 5.32 Å². The maximum atomic E-state index is 5.94. The minimum atomic E-state index is 0.176. The number of hydrogen-bond donors (Lipinski definition) is 1. The van der Waals surface area contributed by atoms with Crippen molar-refractivity contribution < 1.29 is 9.47 Å². The molecule has 3 heteroatoms. The molecule has 0 radical (unpaired) electrons. The molecule has 1 aromatic rings. The van der Waals surface area contributed by atoms with Crippen LogP contribution in [0.2, 0.25) is 0 Å². The lowest BCUT2D eigenvalue weighted by Crippen LogP contribution is -2.25. The molecule has 1 aliphatic heterocycles. The molecule has 94 valence electrons. The van der Waals surface area contributed by atoms with E-state index < -0.39 is 0 Å². The molecule has 0 saturated heterocycles. The van der Waals surface area contributed by atoms with E-state index >= 15 is 0 Å². The van der Waals surface area contributed by atoms with E-state index in [1.807, 2.05) is 13.0 Å². The van der Waals surface area contributed by atoms with Crippen molar-refractivity contribution in [2.75, 3.05) is 13.2 Å². The molecular formula is C14H21NO2. The second-order valence-electron chi connectivity index (χ2n) is 4.56. The molecule has 3 nitrogen and oxygen atoms in total. The Kier molecular flexibility index (Phi) is 3.89. The predicted molar refractivity (Wildman–Crippen MR) is 68.8 cm³/mol. The molecule has 17 heavy (non-hydrogen) atoms. The molecule has 0 amide bonds. The van der Waals surface area contributed by atoms with Crippen LogP contribution in [0.25, 0.3) is 0 Å². The van der Waals surface area contributed by atoms with Crippen LogP contribution in [0.5, 0.6) is 11.5 Å². The van der Waals surface area contributed by atoms with E-state index in [-0.39, 0.29) is 6.10 Å². The van der Waals surface area contributed by atoms with Crippen LogP contribution in [0.15, 0.2) is 12.1 Å². The topological polar surface area (TPSA) is 30.5 Å². The van der Waals surface area contributed by atoms with Gasteiger partial charge in [-0.05, 0) is 45.4 Å². The minimum Gasteiger partial charge on any atom is -0.490 e. The fraction of sp³-hybridized carbons (Fsp3) is 0.571. The number of nitrogens with one attached hydrogen (secondary N) is 1. The lowest BCUT2D eigenvalue weighted by molar-refractivity contribution is 0.220. The first-order chi connectivity index (χ1) is 8.22. The Morgan fingerprint density at radius 3 is 2.88 bits per heavy atom.